The van der Waals surface area contributed by atoms with Crippen LogP contribution in [-0.4, -0.2) is 16.8 Å². The Hall–Kier alpha value is -2.79. The zero-order valence-corrected chi connectivity index (χ0v) is 13.1. The van der Waals surface area contributed by atoms with E-state index in [1.54, 1.807) is 17.4 Å². The molecule has 0 aliphatic carbocycles. The molecule has 1 aliphatic rings. The van der Waals surface area contributed by atoms with Crippen LogP contribution in [0.25, 0.3) is 20.8 Å². The number of nitrogens with zero attached hydrogens (tertiary/aromatic N) is 2. The molecule has 5 heteroatoms. The fourth-order valence-electron chi connectivity index (χ4n) is 2.69. The zero-order valence-electron chi connectivity index (χ0n) is 12.3. The minimum Gasteiger partial charge on any atom is -0.269 e. The number of aryl methyl sites for hydroxylation is 1. The maximum atomic E-state index is 12.0. The second-order valence-electron chi connectivity index (χ2n) is 5.30. The predicted octanol–water partition coefficient (Wildman–Crippen LogP) is 3.70. The van der Waals surface area contributed by atoms with E-state index in [4.69, 9.17) is 4.98 Å². The maximum Gasteiger partial charge on any atom is 0.258 e. The predicted molar refractivity (Wildman–Crippen MR) is 91.4 cm³/mol. The Morgan fingerprint density at radius 2 is 1.70 bits per heavy atom. The minimum atomic E-state index is -0.320. The van der Waals surface area contributed by atoms with Crippen LogP contribution in [0.3, 0.4) is 0 Å². The van der Waals surface area contributed by atoms with Gasteiger partial charge in [0.1, 0.15) is 5.01 Å². The number of rotatable bonds is 2. The molecule has 0 unspecified atom stereocenters. The van der Waals surface area contributed by atoms with Gasteiger partial charge in [0.2, 0.25) is 0 Å². The molecular weight excluding hydrogens is 308 g/mol. The average Bonchev–Trinajstić information content (AvgIpc) is 3.12. The van der Waals surface area contributed by atoms with Crippen LogP contribution in [0.1, 0.15) is 5.56 Å². The lowest BCUT2D eigenvalue weighted by molar-refractivity contribution is -0.119. The second kappa shape index (κ2) is 5.14. The van der Waals surface area contributed by atoms with E-state index in [0.29, 0.717) is 5.69 Å². The van der Waals surface area contributed by atoms with Crippen molar-refractivity contribution in [1.29, 1.82) is 0 Å². The Morgan fingerprint density at radius 3 is 2.43 bits per heavy atom. The molecule has 4 rings (SSSR count). The number of hydrogen-bond acceptors (Lipinski definition) is 4. The maximum absolute atomic E-state index is 12.0. The van der Waals surface area contributed by atoms with Crippen LogP contribution in [0.4, 0.5) is 5.69 Å². The molecule has 1 aliphatic heterocycles. The van der Waals surface area contributed by atoms with Crippen LogP contribution >= 0.6 is 11.3 Å². The van der Waals surface area contributed by atoms with Crippen molar-refractivity contribution in [2.45, 2.75) is 6.92 Å². The highest BCUT2D eigenvalue weighted by atomic mass is 32.1. The van der Waals surface area contributed by atoms with Crippen molar-refractivity contribution < 1.29 is 9.59 Å². The van der Waals surface area contributed by atoms with Crippen molar-refractivity contribution in [3.63, 3.8) is 0 Å². The van der Waals surface area contributed by atoms with Gasteiger partial charge in [-0.1, -0.05) is 24.3 Å². The Labute approximate surface area is 136 Å². The number of thiazole rings is 1. The molecule has 2 amide bonds. The molecule has 0 bridgehead atoms. The summed E-state index contributed by atoms with van der Waals surface area (Å²) in [7, 11) is 0. The van der Waals surface area contributed by atoms with Crippen molar-refractivity contribution in [2.24, 2.45) is 0 Å². The Morgan fingerprint density at radius 1 is 0.957 bits per heavy atom. The summed E-state index contributed by atoms with van der Waals surface area (Å²) < 4.78 is 1.09. The third-order valence-corrected chi connectivity index (χ3v) is 4.86. The van der Waals surface area contributed by atoms with Gasteiger partial charge in [0.15, 0.2) is 0 Å². The van der Waals surface area contributed by atoms with Gasteiger partial charge < -0.3 is 0 Å². The smallest absolute Gasteiger partial charge is 0.258 e. The molecule has 0 atom stereocenters. The Bertz CT molecular complexity index is 970. The number of imide groups is 1. The van der Waals surface area contributed by atoms with Crippen molar-refractivity contribution in [2.75, 3.05) is 4.90 Å². The number of anilines is 1. The summed E-state index contributed by atoms with van der Waals surface area (Å²) in [6, 6.07) is 13.4. The zero-order chi connectivity index (χ0) is 16.0. The molecule has 4 nitrogen and oxygen atoms in total. The summed E-state index contributed by atoms with van der Waals surface area (Å²) in [6.07, 6.45) is 2.59. The fourth-order valence-corrected chi connectivity index (χ4v) is 3.77. The molecule has 1 aromatic heterocycles. The van der Waals surface area contributed by atoms with Crippen LogP contribution in [0.15, 0.2) is 54.6 Å². The molecule has 0 spiro atoms. The van der Waals surface area contributed by atoms with E-state index in [-0.39, 0.29) is 11.8 Å². The number of amides is 2. The van der Waals surface area contributed by atoms with Gasteiger partial charge in [-0.25, -0.2) is 9.88 Å². The summed E-state index contributed by atoms with van der Waals surface area (Å²) in [5.74, 6) is -0.639. The summed E-state index contributed by atoms with van der Waals surface area (Å²) in [6.45, 7) is 2.02. The highest BCUT2D eigenvalue weighted by molar-refractivity contribution is 7.21. The van der Waals surface area contributed by atoms with Gasteiger partial charge in [-0.3, -0.25) is 9.59 Å². The minimum absolute atomic E-state index is 0.320. The number of carbonyl (C=O) groups excluding carboxylic acids is 2. The van der Waals surface area contributed by atoms with Gasteiger partial charge >= 0.3 is 0 Å². The SMILES string of the molecule is Cc1cccc2sc(-c3ccccc3N3C(=O)C=CC3=O)nc12. The normalized spacial score (nSPS) is 14.2. The van der Waals surface area contributed by atoms with E-state index in [9.17, 15) is 9.59 Å². The van der Waals surface area contributed by atoms with Crippen LogP contribution in [0.2, 0.25) is 0 Å². The van der Waals surface area contributed by atoms with Gasteiger partial charge in [0.05, 0.1) is 15.9 Å². The first kappa shape index (κ1) is 13.8. The summed E-state index contributed by atoms with van der Waals surface area (Å²) in [4.78, 5) is 29.9. The molecule has 0 fully saturated rings. The van der Waals surface area contributed by atoms with Crippen LogP contribution < -0.4 is 4.90 Å². The first-order chi connectivity index (χ1) is 11.1. The van der Waals surface area contributed by atoms with E-state index in [1.165, 1.54) is 17.1 Å². The number of carbonyl (C=O) groups is 2. The van der Waals surface area contributed by atoms with Gasteiger partial charge in [0.25, 0.3) is 11.8 Å². The number of fused-ring (bicyclic) bond motifs is 1. The standard InChI is InChI=1S/C18H12N2O2S/c1-11-5-4-8-14-17(11)19-18(23-14)12-6-2-3-7-13(12)20-15(21)9-10-16(20)22/h2-10H,1H3. The van der Waals surface area contributed by atoms with E-state index >= 15 is 0 Å². The van der Waals surface area contributed by atoms with Gasteiger partial charge in [-0.05, 0) is 30.7 Å². The quantitative estimate of drug-likeness (QED) is 0.677. The Kier molecular flexibility index (Phi) is 3.09. The largest absolute Gasteiger partial charge is 0.269 e. The van der Waals surface area contributed by atoms with Gasteiger partial charge in [-0.15, -0.1) is 11.3 Å². The fraction of sp³-hybridized carbons (Fsp3) is 0.0556. The van der Waals surface area contributed by atoms with Crippen LogP contribution in [0.5, 0.6) is 0 Å². The summed E-state index contributed by atoms with van der Waals surface area (Å²) in [5.41, 5.74) is 3.43. The monoisotopic (exact) mass is 320 g/mol. The molecule has 112 valence electrons. The second-order valence-corrected chi connectivity index (χ2v) is 6.33. The Balaban J connectivity index is 1.90. The van der Waals surface area contributed by atoms with Crippen molar-refractivity contribution >= 4 is 39.1 Å². The van der Waals surface area contributed by atoms with E-state index in [0.717, 1.165) is 26.4 Å². The highest BCUT2D eigenvalue weighted by Crippen LogP contribution is 2.37. The molecular formula is C18H12N2O2S. The van der Waals surface area contributed by atoms with Crippen molar-refractivity contribution in [3.8, 4) is 10.6 Å². The van der Waals surface area contributed by atoms with Crippen molar-refractivity contribution in [1.82, 2.24) is 4.98 Å². The van der Waals surface area contributed by atoms with Gasteiger partial charge in [-0.2, -0.15) is 0 Å². The number of para-hydroxylation sites is 2. The lowest BCUT2D eigenvalue weighted by Crippen LogP contribution is -2.29. The molecule has 0 saturated heterocycles. The molecule has 0 N–H and O–H groups in total. The third kappa shape index (κ3) is 2.17. The lowest BCUT2D eigenvalue weighted by atomic mass is 10.1. The first-order valence-electron chi connectivity index (χ1n) is 7.17. The topological polar surface area (TPSA) is 50.3 Å². The number of aromatic nitrogens is 1. The summed E-state index contributed by atoms with van der Waals surface area (Å²) >= 11 is 1.56. The average molecular weight is 320 g/mol. The van der Waals surface area contributed by atoms with E-state index in [1.807, 2.05) is 43.3 Å². The summed E-state index contributed by atoms with van der Waals surface area (Å²) in [5, 5.41) is 0.803. The first-order valence-corrected chi connectivity index (χ1v) is 7.98. The third-order valence-electron chi connectivity index (χ3n) is 3.81. The van der Waals surface area contributed by atoms with E-state index < -0.39 is 0 Å². The molecule has 2 heterocycles. The molecule has 0 radical (unpaired) electrons. The van der Waals surface area contributed by atoms with Crippen LogP contribution in [0, 0.1) is 6.92 Å². The number of hydrogen-bond donors (Lipinski definition) is 0. The van der Waals surface area contributed by atoms with Gasteiger partial charge in [0, 0.05) is 17.7 Å². The van der Waals surface area contributed by atoms with Crippen LogP contribution in [-0.2, 0) is 9.59 Å². The molecule has 3 aromatic rings. The molecule has 0 saturated carbocycles. The van der Waals surface area contributed by atoms with Crippen molar-refractivity contribution in [3.05, 3.63) is 60.2 Å². The lowest BCUT2D eigenvalue weighted by Gasteiger charge is -2.16. The molecule has 2 aromatic carbocycles. The highest BCUT2D eigenvalue weighted by Gasteiger charge is 2.28. The molecule has 23 heavy (non-hydrogen) atoms. The van der Waals surface area contributed by atoms with E-state index in [2.05, 4.69) is 0 Å². The number of benzene rings is 2.